The monoisotopic (exact) mass is 443 g/mol. The summed E-state index contributed by atoms with van der Waals surface area (Å²) in [6.45, 7) is 3.42. The maximum absolute atomic E-state index is 12.9. The lowest BCUT2D eigenvalue weighted by Crippen LogP contribution is -2.25. The third-order valence-electron chi connectivity index (χ3n) is 4.32. The zero-order valence-electron chi connectivity index (χ0n) is 12.8. The molecule has 0 radical (unpaired) electrons. The van der Waals surface area contributed by atoms with Gasteiger partial charge in [0.25, 0.3) is 5.91 Å². The lowest BCUT2D eigenvalue weighted by atomic mass is 9.85. The van der Waals surface area contributed by atoms with Gasteiger partial charge in [-0.3, -0.25) is 9.59 Å². The second-order valence-electron chi connectivity index (χ2n) is 5.78. The summed E-state index contributed by atoms with van der Waals surface area (Å²) in [5.74, 6) is -0.183. The van der Waals surface area contributed by atoms with Crippen molar-refractivity contribution in [3.63, 3.8) is 0 Å². The molecule has 7 heteroatoms. The SMILES string of the molecule is CC(=O)C1CCc2c(I)nn(C(=O)c3c(C)ccnc3Cl)c2C1. The molecular formula is C16H15ClIN3O2. The van der Waals surface area contributed by atoms with Gasteiger partial charge in [0, 0.05) is 17.7 Å². The first-order chi connectivity index (χ1) is 10.9. The highest BCUT2D eigenvalue weighted by molar-refractivity contribution is 14.1. The Morgan fingerprint density at radius 2 is 2.17 bits per heavy atom. The zero-order chi connectivity index (χ0) is 16.7. The molecule has 0 saturated carbocycles. The molecule has 3 rings (SSSR count). The molecular weight excluding hydrogens is 429 g/mol. The molecule has 2 aromatic heterocycles. The van der Waals surface area contributed by atoms with E-state index in [2.05, 4.69) is 32.7 Å². The lowest BCUT2D eigenvalue weighted by molar-refractivity contribution is -0.121. The summed E-state index contributed by atoms with van der Waals surface area (Å²) in [4.78, 5) is 28.7. The zero-order valence-corrected chi connectivity index (χ0v) is 15.7. The van der Waals surface area contributed by atoms with Crippen LogP contribution >= 0.6 is 34.2 Å². The van der Waals surface area contributed by atoms with Gasteiger partial charge in [-0.15, -0.1) is 0 Å². The molecule has 0 bridgehead atoms. The fourth-order valence-corrected chi connectivity index (χ4v) is 4.05. The van der Waals surface area contributed by atoms with Crippen LogP contribution in [0, 0.1) is 16.5 Å². The highest BCUT2D eigenvalue weighted by atomic mass is 127. The molecule has 0 fully saturated rings. The van der Waals surface area contributed by atoms with Crippen LogP contribution in [0.2, 0.25) is 5.15 Å². The van der Waals surface area contributed by atoms with Crippen LogP contribution < -0.4 is 0 Å². The Morgan fingerprint density at radius 1 is 1.43 bits per heavy atom. The summed E-state index contributed by atoms with van der Waals surface area (Å²) in [6, 6.07) is 1.75. The van der Waals surface area contributed by atoms with Crippen LogP contribution in [-0.4, -0.2) is 26.5 Å². The normalized spacial score (nSPS) is 17.0. The minimum atomic E-state index is -0.288. The molecule has 0 spiro atoms. The molecule has 1 unspecified atom stereocenters. The molecule has 0 aromatic carbocycles. The first-order valence-electron chi connectivity index (χ1n) is 7.32. The highest BCUT2D eigenvalue weighted by Gasteiger charge is 2.31. The van der Waals surface area contributed by atoms with Crippen LogP contribution in [-0.2, 0) is 17.6 Å². The molecule has 1 aliphatic rings. The van der Waals surface area contributed by atoms with E-state index in [1.165, 1.54) is 4.68 Å². The minimum Gasteiger partial charge on any atom is -0.300 e. The van der Waals surface area contributed by atoms with Crippen LogP contribution in [0.4, 0.5) is 0 Å². The van der Waals surface area contributed by atoms with Crippen LogP contribution in [0.3, 0.4) is 0 Å². The largest absolute Gasteiger partial charge is 0.300 e. The van der Waals surface area contributed by atoms with Gasteiger partial charge in [-0.1, -0.05) is 11.6 Å². The minimum absolute atomic E-state index is 0.0491. The second-order valence-corrected chi connectivity index (χ2v) is 7.16. The molecule has 2 heterocycles. The van der Waals surface area contributed by atoms with Crippen molar-refractivity contribution in [2.75, 3.05) is 0 Å². The van der Waals surface area contributed by atoms with Crippen molar-refractivity contribution in [1.29, 1.82) is 0 Å². The van der Waals surface area contributed by atoms with Gasteiger partial charge in [0.1, 0.15) is 14.6 Å². The van der Waals surface area contributed by atoms with E-state index in [1.807, 2.05) is 6.92 Å². The smallest absolute Gasteiger partial charge is 0.281 e. The molecule has 1 atom stereocenters. The van der Waals surface area contributed by atoms with Crippen LogP contribution in [0.25, 0.3) is 0 Å². The molecule has 5 nitrogen and oxygen atoms in total. The van der Waals surface area contributed by atoms with E-state index in [-0.39, 0.29) is 22.8 Å². The number of hydrogen-bond acceptors (Lipinski definition) is 4. The van der Waals surface area contributed by atoms with Crippen molar-refractivity contribution in [1.82, 2.24) is 14.8 Å². The number of rotatable bonds is 2. The van der Waals surface area contributed by atoms with Crippen LogP contribution in [0.15, 0.2) is 12.3 Å². The first-order valence-corrected chi connectivity index (χ1v) is 8.78. The number of aromatic nitrogens is 3. The van der Waals surface area contributed by atoms with E-state index in [0.29, 0.717) is 12.0 Å². The maximum atomic E-state index is 12.9. The number of aryl methyl sites for hydroxylation is 1. The van der Waals surface area contributed by atoms with E-state index in [9.17, 15) is 9.59 Å². The Bertz CT molecular complexity index is 796. The third-order valence-corrected chi connectivity index (χ3v) is 5.47. The number of hydrogen-bond donors (Lipinski definition) is 0. The standard InChI is InChI=1S/C16H15ClIN3O2/c1-8-5-6-19-14(17)13(8)16(23)21-12-7-10(9(2)22)3-4-11(12)15(18)20-21/h5-6,10H,3-4,7H2,1-2H3. The Morgan fingerprint density at radius 3 is 2.83 bits per heavy atom. The quantitative estimate of drug-likeness (QED) is 0.528. The van der Waals surface area contributed by atoms with Crippen molar-refractivity contribution in [3.05, 3.63) is 43.5 Å². The predicted octanol–water partition coefficient (Wildman–Crippen LogP) is 3.23. The van der Waals surface area contributed by atoms with Crippen LogP contribution in [0.5, 0.6) is 0 Å². The Labute approximate surface area is 152 Å². The number of carbonyl (C=O) groups is 2. The first kappa shape index (κ1) is 16.6. The highest BCUT2D eigenvalue weighted by Crippen LogP contribution is 2.30. The van der Waals surface area contributed by atoms with E-state index in [4.69, 9.17) is 11.6 Å². The fourth-order valence-electron chi connectivity index (χ4n) is 2.97. The van der Waals surface area contributed by atoms with E-state index >= 15 is 0 Å². The number of halogens is 2. The van der Waals surface area contributed by atoms with Crippen molar-refractivity contribution in [2.45, 2.75) is 33.1 Å². The summed E-state index contributed by atoms with van der Waals surface area (Å²) in [7, 11) is 0. The molecule has 1 aliphatic carbocycles. The number of carbonyl (C=O) groups excluding carboxylic acids is 2. The number of nitrogens with zero attached hydrogens (tertiary/aromatic N) is 3. The molecule has 23 heavy (non-hydrogen) atoms. The van der Waals surface area contributed by atoms with Crippen molar-refractivity contribution in [3.8, 4) is 0 Å². The Balaban J connectivity index is 2.08. The number of pyridine rings is 1. The third kappa shape index (κ3) is 2.94. The lowest BCUT2D eigenvalue weighted by Gasteiger charge is -2.21. The Kier molecular flexibility index (Phi) is 4.55. The summed E-state index contributed by atoms with van der Waals surface area (Å²) >= 11 is 8.26. The molecule has 0 saturated heterocycles. The van der Waals surface area contributed by atoms with Gasteiger partial charge in [-0.2, -0.15) is 9.78 Å². The topological polar surface area (TPSA) is 64.8 Å². The van der Waals surface area contributed by atoms with Gasteiger partial charge < -0.3 is 0 Å². The molecule has 0 aliphatic heterocycles. The van der Waals surface area contributed by atoms with Crippen molar-refractivity contribution in [2.24, 2.45) is 5.92 Å². The van der Waals surface area contributed by atoms with Gasteiger partial charge in [-0.25, -0.2) is 4.98 Å². The number of Topliss-reactive ketones (excluding diaryl/α,β-unsaturated/α-hetero) is 1. The molecule has 0 amide bonds. The van der Waals surface area contributed by atoms with Crippen LogP contribution in [0.1, 0.15) is 40.5 Å². The second kappa shape index (κ2) is 6.32. The molecule has 2 aromatic rings. The number of fused-ring (bicyclic) bond motifs is 1. The van der Waals surface area contributed by atoms with Gasteiger partial charge in [0.2, 0.25) is 0 Å². The van der Waals surface area contributed by atoms with E-state index in [1.54, 1.807) is 19.2 Å². The predicted molar refractivity (Wildman–Crippen MR) is 94.9 cm³/mol. The van der Waals surface area contributed by atoms with Gasteiger partial charge in [0.05, 0.1) is 11.3 Å². The summed E-state index contributed by atoms with van der Waals surface area (Å²) in [5.41, 5.74) is 3.01. The average Bonchev–Trinajstić information content (AvgIpc) is 2.83. The molecule has 120 valence electrons. The van der Waals surface area contributed by atoms with Crippen molar-refractivity contribution < 1.29 is 9.59 Å². The van der Waals surface area contributed by atoms with E-state index < -0.39 is 0 Å². The van der Waals surface area contributed by atoms with E-state index in [0.717, 1.165) is 33.4 Å². The van der Waals surface area contributed by atoms with Gasteiger partial charge in [-0.05, 0) is 67.3 Å². The Hall–Kier alpha value is -1.28. The number of ketones is 1. The fraction of sp³-hybridized carbons (Fsp3) is 0.375. The summed E-state index contributed by atoms with van der Waals surface area (Å²) in [6.07, 6.45) is 3.70. The maximum Gasteiger partial charge on any atom is 0.281 e. The van der Waals surface area contributed by atoms with Gasteiger partial charge >= 0.3 is 0 Å². The average molecular weight is 444 g/mol. The summed E-state index contributed by atoms with van der Waals surface area (Å²) < 4.78 is 2.22. The van der Waals surface area contributed by atoms with Crippen molar-refractivity contribution >= 4 is 45.9 Å². The molecule has 0 N–H and O–H groups in total. The van der Waals surface area contributed by atoms with Gasteiger partial charge in [0.15, 0.2) is 0 Å². The summed E-state index contributed by atoms with van der Waals surface area (Å²) in [5, 5.41) is 4.57.